The summed E-state index contributed by atoms with van der Waals surface area (Å²) in [5.74, 6) is 0. The van der Waals surface area contributed by atoms with Gasteiger partial charge in [-0.1, -0.05) is 140 Å². The van der Waals surface area contributed by atoms with Crippen LogP contribution in [0.5, 0.6) is 0 Å². The van der Waals surface area contributed by atoms with Crippen LogP contribution in [-0.2, 0) is 5.41 Å². The number of benzene rings is 8. The smallest absolute Gasteiger partial charge is 0.137 e. The van der Waals surface area contributed by atoms with Crippen molar-refractivity contribution in [2.24, 2.45) is 0 Å². The van der Waals surface area contributed by atoms with E-state index in [2.05, 4.69) is 169 Å². The highest BCUT2D eigenvalue weighted by Crippen LogP contribution is 2.57. The van der Waals surface area contributed by atoms with E-state index in [-0.39, 0.29) is 0 Å². The second-order valence-corrected chi connectivity index (χ2v) is 13.6. The standard InChI is InChI=1S/C49H31NO2/c1-2-15-32(16-3-1)49(39-23-8-4-19-35(39)36-20-5-9-24-40(36)49)33-17-12-18-34(31-33)50(41-25-13-29-45-47(41)37-21-6-10-27-43(37)51-45)42-26-14-30-46-48(42)38-22-7-11-28-44(38)52-46/h1-31H. The van der Waals surface area contributed by atoms with Crippen LogP contribution in [0, 0.1) is 0 Å². The Morgan fingerprint density at radius 3 is 1.42 bits per heavy atom. The fourth-order valence-corrected chi connectivity index (χ4v) is 8.88. The predicted octanol–water partition coefficient (Wildman–Crippen LogP) is 13.3. The molecule has 0 radical (unpaired) electrons. The lowest BCUT2D eigenvalue weighted by Crippen LogP contribution is -2.28. The van der Waals surface area contributed by atoms with Crippen LogP contribution in [0.15, 0.2) is 197 Å². The van der Waals surface area contributed by atoms with Gasteiger partial charge in [-0.05, 0) is 81.9 Å². The third-order valence-corrected chi connectivity index (χ3v) is 10.9. The lowest BCUT2D eigenvalue weighted by molar-refractivity contribution is 0.668. The van der Waals surface area contributed by atoms with Crippen LogP contribution in [0.1, 0.15) is 22.3 Å². The molecule has 2 aromatic heterocycles. The lowest BCUT2D eigenvalue weighted by atomic mass is 9.67. The van der Waals surface area contributed by atoms with Gasteiger partial charge < -0.3 is 13.7 Å². The largest absolute Gasteiger partial charge is 0.456 e. The Morgan fingerprint density at radius 2 is 0.827 bits per heavy atom. The third-order valence-electron chi connectivity index (χ3n) is 10.9. The Hall–Kier alpha value is -6.84. The molecule has 3 nitrogen and oxygen atoms in total. The average molecular weight is 666 g/mol. The number of hydrogen-bond donors (Lipinski definition) is 0. The zero-order valence-electron chi connectivity index (χ0n) is 28.2. The van der Waals surface area contributed by atoms with E-state index in [4.69, 9.17) is 8.83 Å². The SMILES string of the molecule is c1ccc(C2(c3cccc(N(c4cccc5oc6ccccc6c45)c4cccc5oc6ccccc6c45)c3)c3ccccc3-c3ccccc32)cc1. The summed E-state index contributed by atoms with van der Waals surface area (Å²) >= 11 is 0. The highest BCUT2D eigenvalue weighted by molar-refractivity contribution is 6.17. The van der Waals surface area contributed by atoms with Crippen molar-refractivity contribution in [3.05, 3.63) is 210 Å². The Balaban J connectivity index is 1.25. The maximum atomic E-state index is 6.47. The van der Waals surface area contributed by atoms with Crippen molar-refractivity contribution in [2.75, 3.05) is 4.90 Å². The molecule has 0 spiro atoms. The van der Waals surface area contributed by atoms with E-state index in [9.17, 15) is 0 Å². The number of furan rings is 2. The van der Waals surface area contributed by atoms with Crippen molar-refractivity contribution < 1.29 is 8.83 Å². The molecule has 0 bridgehead atoms. The van der Waals surface area contributed by atoms with Gasteiger partial charge in [-0.2, -0.15) is 0 Å². The molecule has 0 unspecified atom stereocenters. The van der Waals surface area contributed by atoms with Crippen molar-refractivity contribution in [1.29, 1.82) is 0 Å². The Kier molecular flexibility index (Phi) is 6.17. The van der Waals surface area contributed by atoms with Gasteiger partial charge in [-0.3, -0.25) is 0 Å². The van der Waals surface area contributed by atoms with Gasteiger partial charge >= 0.3 is 0 Å². The van der Waals surface area contributed by atoms with Crippen molar-refractivity contribution in [3.8, 4) is 11.1 Å². The zero-order chi connectivity index (χ0) is 34.2. The summed E-state index contributed by atoms with van der Waals surface area (Å²) in [6.45, 7) is 0. The van der Waals surface area contributed by atoms with Crippen LogP contribution in [0.25, 0.3) is 55.0 Å². The van der Waals surface area contributed by atoms with E-state index in [0.29, 0.717) is 0 Å². The van der Waals surface area contributed by atoms with Gasteiger partial charge in [0.2, 0.25) is 0 Å². The molecule has 0 aliphatic heterocycles. The molecule has 0 saturated heterocycles. The van der Waals surface area contributed by atoms with Crippen LogP contribution >= 0.6 is 0 Å². The summed E-state index contributed by atoms with van der Waals surface area (Å²) in [4.78, 5) is 2.41. The molecule has 52 heavy (non-hydrogen) atoms. The van der Waals surface area contributed by atoms with Gasteiger partial charge in [-0.15, -0.1) is 0 Å². The van der Waals surface area contributed by atoms with Crippen molar-refractivity contribution in [1.82, 2.24) is 0 Å². The van der Waals surface area contributed by atoms with E-state index < -0.39 is 5.41 Å². The van der Waals surface area contributed by atoms with Gasteiger partial charge in [0.15, 0.2) is 0 Å². The quantitative estimate of drug-likeness (QED) is 0.183. The second-order valence-electron chi connectivity index (χ2n) is 13.6. The molecule has 11 rings (SSSR count). The predicted molar refractivity (Wildman–Crippen MR) is 213 cm³/mol. The number of fused-ring (bicyclic) bond motifs is 9. The minimum Gasteiger partial charge on any atom is -0.456 e. The molecule has 0 fully saturated rings. The number of rotatable bonds is 5. The first-order chi connectivity index (χ1) is 25.8. The molecular weight excluding hydrogens is 635 g/mol. The molecule has 1 aliphatic carbocycles. The van der Waals surface area contributed by atoms with Crippen LogP contribution in [0.4, 0.5) is 17.1 Å². The topological polar surface area (TPSA) is 29.5 Å². The first-order valence-electron chi connectivity index (χ1n) is 17.8. The number of hydrogen-bond acceptors (Lipinski definition) is 3. The van der Waals surface area contributed by atoms with E-state index in [1.54, 1.807) is 0 Å². The maximum Gasteiger partial charge on any atom is 0.137 e. The van der Waals surface area contributed by atoms with Gasteiger partial charge in [0.25, 0.3) is 0 Å². The highest BCUT2D eigenvalue weighted by Gasteiger charge is 2.46. The molecule has 2 heterocycles. The number of para-hydroxylation sites is 2. The molecule has 3 heteroatoms. The van der Waals surface area contributed by atoms with Gasteiger partial charge in [0.05, 0.1) is 27.6 Å². The molecule has 0 amide bonds. The molecule has 244 valence electrons. The molecule has 0 atom stereocenters. The molecular formula is C49H31NO2. The summed E-state index contributed by atoms with van der Waals surface area (Å²) in [5, 5.41) is 4.31. The van der Waals surface area contributed by atoms with Crippen LogP contribution < -0.4 is 4.90 Å². The van der Waals surface area contributed by atoms with Crippen LogP contribution in [0.2, 0.25) is 0 Å². The Bertz CT molecular complexity index is 2830. The summed E-state index contributed by atoms with van der Waals surface area (Å²) in [7, 11) is 0. The fraction of sp³-hybridized carbons (Fsp3) is 0.0204. The normalized spacial score (nSPS) is 13.2. The van der Waals surface area contributed by atoms with E-state index in [1.165, 1.54) is 33.4 Å². The van der Waals surface area contributed by atoms with Crippen LogP contribution in [0.3, 0.4) is 0 Å². The third kappa shape index (κ3) is 3.96. The summed E-state index contributed by atoms with van der Waals surface area (Å²) in [6.07, 6.45) is 0. The molecule has 0 saturated carbocycles. The average Bonchev–Trinajstić information content (AvgIpc) is 3.88. The minimum absolute atomic E-state index is 0.529. The molecule has 8 aromatic carbocycles. The number of anilines is 3. The van der Waals surface area contributed by atoms with Crippen LogP contribution in [-0.4, -0.2) is 0 Å². The minimum atomic E-state index is -0.529. The van der Waals surface area contributed by atoms with Crippen molar-refractivity contribution >= 4 is 60.9 Å². The maximum absolute atomic E-state index is 6.47. The Labute approximate surface area is 300 Å². The van der Waals surface area contributed by atoms with Gasteiger partial charge in [0, 0.05) is 16.5 Å². The van der Waals surface area contributed by atoms with E-state index >= 15 is 0 Å². The number of nitrogens with zero attached hydrogens (tertiary/aromatic N) is 1. The second kappa shape index (κ2) is 11.1. The van der Waals surface area contributed by atoms with Crippen molar-refractivity contribution in [2.45, 2.75) is 5.41 Å². The molecule has 1 aliphatic rings. The lowest BCUT2D eigenvalue weighted by Gasteiger charge is -2.35. The zero-order valence-corrected chi connectivity index (χ0v) is 28.2. The Morgan fingerprint density at radius 1 is 0.365 bits per heavy atom. The first kappa shape index (κ1) is 28.9. The van der Waals surface area contributed by atoms with Gasteiger partial charge in [0.1, 0.15) is 22.3 Å². The summed E-state index contributed by atoms with van der Waals surface area (Å²) < 4.78 is 12.9. The van der Waals surface area contributed by atoms with E-state index in [0.717, 1.165) is 60.9 Å². The monoisotopic (exact) mass is 665 g/mol. The molecule has 0 N–H and O–H groups in total. The van der Waals surface area contributed by atoms with E-state index in [1.807, 2.05) is 24.3 Å². The summed E-state index contributed by atoms with van der Waals surface area (Å²) in [6, 6.07) is 67.3. The summed E-state index contributed by atoms with van der Waals surface area (Å²) in [5.41, 5.74) is 13.6. The van der Waals surface area contributed by atoms with Gasteiger partial charge in [-0.25, -0.2) is 0 Å². The van der Waals surface area contributed by atoms with Crippen molar-refractivity contribution in [3.63, 3.8) is 0 Å². The highest BCUT2D eigenvalue weighted by atomic mass is 16.3. The molecule has 10 aromatic rings. The first-order valence-corrected chi connectivity index (χ1v) is 17.8. The fourth-order valence-electron chi connectivity index (χ4n) is 8.88.